The topological polar surface area (TPSA) is 63.4 Å². The number of nitrogens with two attached hydrogens (primary N) is 1. The molecule has 0 saturated heterocycles. The summed E-state index contributed by atoms with van der Waals surface area (Å²) in [6.45, 7) is 3.62. The monoisotopic (exact) mass is 304 g/mol. The molecule has 0 aliphatic rings. The van der Waals surface area contributed by atoms with E-state index in [1.165, 1.54) is 0 Å². The summed E-state index contributed by atoms with van der Waals surface area (Å²) in [5, 5.41) is 0. The number of nitrogens with zero attached hydrogens (tertiary/aromatic N) is 1. The maximum absolute atomic E-state index is 11.8. The van der Waals surface area contributed by atoms with E-state index in [0.29, 0.717) is 0 Å². The molecule has 6 heteroatoms. The van der Waals surface area contributed by atoms with Crippen molar-refractivity contribution in [1.82, 2.24) is 4.90 Å². The van der Waals surface area contributed by atoms with Crippen molar-refractivity contribution < 1.29 is 9.00 Å². The zero-order valence-electron chi connectivity index (χ0n) is 11.6. The SMILES string of the molecule is CC(c1ccc(S(C)=O)cc1)N(C)C(=O)[C@H](C)N.Cl. The van der Waals surface area contributed by atoms with Crippen LogP contribution in [0.5, 0.6) is 0 Å². The lowest BCUT2D eigenvalue weighted by Gasteiger charge is -2.27. The summed E-state index contributed by atoms with van der Waals surface area (Å²) < 4.78 is 11.3. The Kier molecular flexibility index (Phi) is 7.26. The Morgan fingerprint density at radius 2 is 1.74 bits per heavy atom. The maximum atomic E-state index is 11.8. The second kappa shape index (κ2) is 7.62. The van der Waals surface area contributed by atoms with Gasteiger partial charge in [-0.15, -0.1) is 12.4 Å². The van der Waals surface area contributed by atoms with Gasteiger partial charge in [0.1, 0.15) is 0 Å². The Balaban J connectivity index is 0.00000324. The summed E-state index contributed by atoms with van der Waals surface area (Å²) in [5.41, 5.74) is 6.59. The average molecular weight is 305 g/mol. The molecule has 0 saturated carbocycles. The fourth-order valence-corrected chi connectivity index (χ4v) is 2.19. The summed E-state index contributed by atoms with van der Waals surface area (Å²) in [7, 11) is 0.761. The molecular formula is C13H21ClN2O2S. The zero-order chi connectivity index (χ0) is 13.9. The summed E-state index contributed by atoms with van der Waals surface area (Å²) in [4.78, 5) is 14.2. The van der Waals surface area contributed by atoms with E-state index in [1.807, 2.05) is 31.2 Å². The van der Waals surface area contributed by atoms with E-state index in [-0.39, 0.29) is 24.4 Å². The fraction of sp³-hybridized carbons (Fsp3) is 0.462. The van der Waals surface area contributed by atoms with E-state index >= 15 is 0 Å². The van der Waals surface area contributed by atoms with E-state index < -0.39 is 16.8 Å². The van der Waals surface area contributed by atoms with Gasteiger partial charge in [-0.05, 0) is 31.5 Å². The summed E-state index contributed by atoms with van der Waals surface area (Å²) in [6.07, 6.45) is 1.64. The Morgan fingerprint density at radius 3 is 2.11 bits per heavy atom. The van der Waals surface area contributed by atoms with E-state index in [0.717, 1.165) is 10.5 Å². The Morgan fingerprint density at radius 1 is 1.26 bits per heavy atom. The van der Waals surface area contributed by atoms with Crippen molar-refractivity contribution in [2.45, 2.75) is 30.8 Å². The van der Waals surface area contributed by atoms with Gasteiger partial charge in [0.05, 0.1) is 12.1 Å². The first-order valence-electron chi connectivity index (χ1n) is 5.80. The molecule has 2 N–H and O–H groups in total. The van der Waals surface area contributed by atoms with Gasteiger partial charge in [-0.2, -0.15) is 0 Å². The number of amides is 1. The van der Waals surface area contributed by atoms with Gasteiger partial charge >= 0.3 is 0 Å². The minimum atomic E-state index is -0.978. The number of hydrogen-bond donors (Lipinski definition) is 1. The van der Waals surface area contributed by atoms with Crippen LogP contribution in [-0.2, 0) is 15.6 Å². The third kappa shape index (κ3) is 4.60. The van der Waals surface area contributed by atoms with Crippen molar-refractivity contribution >= 4 is 29.1 Å². The summed E-state index contributed by atoms with van der Waals surface area (Å²) in [5.74, 6) is -0.0920. The third-order valence-corrected chi connectivity index (χ3v) is 3.95. The molecule has 0 bridgehead atoms. The highest BCUT2D eigenvalue weighted by molar-refractivity contribution is 7.84. The molecule has 0 aliphatic carbocycles. The van der Waals surface area contributed by atoms with Gasteiger partial charge in [0, 0.05) is 29.0 Å². The lowest BCUT2D eigenvalue weighted by atomic mass is 10.1. The minimum absolute atomic E-state index is 0. The predicted octanol–water partition coefficient (Wildman–Crippen LogP) is 1.71. The molecule has 4 nitrogen and oxygen atoms in total. The van der Waals surface area contributed by atoms with Crippen molar-refractivity contribution in [3.05, 3.63) is 29.8 Å². The number of benzene rings is 1. The normalized spacial score (nSPS) is 15.0. The highest BCUT2D eigenvalue weighted by Crippen LogP contribution is 2.20. The van der Waals surface area contributed by atoms with Crippen LogP contribution in [0, 0.1) is 0 Å². The molecule has 3 atom stereocenters. The smallest absolute Gasteiger partial charge is 0.239 e. The van der Waals surface area contributed by atoms with Crippen molar-refractivity contribution in [2.75, 3.05) is 13.3 Å². The van der Waals surface area contributed by atoms with E-state index in [1.54, 1.807) is 25.1 Å². The van der Waals surface area contributed by atoms with Gasteiger partial charge < -0.3 is 10.6 Å². The van der Waals surface area contributed by atoms with Crippen LogP contribution in [0.1, 0.15) is 25.5 Å². The van der Waals surface area contributed by atoms with Crippen molar-refractivity contribution in [1.29, 1.82) is 0 Å². The number of hydrogen-bond acceptors (Lipinski definition) is 3. The van der Waals surface area contributed by atoms with E-state index in [4.69, 9.17) is 5.73 Å². The van der Waals surface area contributed by atoms with Gasteiger partial charge in [-0.25, -0.2) is 0 Å². The quantitative estimate of drug-likeness (QED) is 0.921. The first kappa shape index (κ1) is 18.1. The maximum Gasteiger partial charge on any atom is 0.239 e. The number of likely N-dealkylation sites (N-methyl/N-ethyl adjacent to an activating group) is 1. The largest absolute Gasteiger partial charge is 0.338 e. The molecule has 108 valence electrons. The molecule has 1 aromatic carbocycles. The fourth-order valence-electron chi connectivity index (χ4n) is 1.67. The van der Waals surface area contributed by atoms with Gasteiger partial charge in [0.2, 0.25) is 5.91 Å². The standard InChI is InChI=1S/C13H20N2O2S.ClH/c1-9(14)13(16)15(3)10(2)11-5-7-12(8-6-11)18(4)17;/h5-10H,14H2,1-4H3;1H/t9-,10?,18?;/m0./s1. The molecule has 0 aliphatic heterocycles. The lowest BCUT2D eigenvalue weighted by molar-refractivity contribution is -0.132. The Hall–Kier alpha value is -0.910. The molecule has 1 aromatic rings. The van der Waals surface area contributed by atoms with Crippen LogP contribution in [0.15, 0.2) is 29.2 Å². The van der Waals surface area contributed by atoms with Crippen LogP contribution >= 0.6 is 12.4 Å². The number of rotatable bonds is 4. The van der Waals surface area contributed by atoms with Crippen LogP contribution in [-0.4, -0.2) is 34.4 Å². The van der Waals surface area contributed by atoms with Gasteiger partial charge in [-0.1, -0.05) is 12.1 Å². The number of carbonyl (C=O) groups is 1. The molecular weight excluding hydrogens is 284 g/mol. The highest BCUT2D eigenvalue weighted by Gasteiger charge is 2.19. The van der Waals surface area contributed by atoms with Crippen molar-refractivity contribution in [3.63, 3.8) is 0 Å². The van der Waals surface area contributed by atoms with Crippen molar-refractivity contribution in [3.8, 4) is 0 Å². The number of halogens is 1. The molecule has 0 radical (unpaired) electrons. The molecule has 0 heterocycles. The molecule has 19 heavy (non-hydrogen) atoms. The Labute approximate surface area is 123 Å². The van der Waals surface area contributed by atoms with E-state index in [9.17, 15) is 9.00 Å². The molecule has 2 unspecified atom stereocenters. The van der Waals surface area contributed by atoms with Crippen molar-refractivity contribution in [2.24, 2.45) is 5.73 Å². The minimum Gasteiger partial charge on any atom is -0.338 e. The predicted molar refractivity (Wildman–Crippen MR) is 80.9 cm³/mol. The summed E-state index contributed by atoms with van der Waals surface area (Å²) in [6, 6.07) is 6.89. The van der Waals surface area contributed by atoms with Crippen LogP contribution in [0.25, 0.3) is 0 Å². The van der Waals surface area contributed by atoms with Gasteiger partial charge in [0.25, 0.3) is 0 Å². The first-order valence-corrected chi connectivity index (χ1v) is 7.36. The number of carbonyl (C=O) groups excluding carboxylic acids is 1. The van der Waals surface area contributed by atoms with Gasteiger partial charge in [-0.3, -0.25) is 9.00 Å². The lowest BCUT2D eigenvalue weighted by Crippen LogP contribution is -2.40. The molecule has 0 spiro atoms. The van der Waals surface area contributed by atoms with Crippen LogP contribution in [0.3, 0.4) is 0 Å². The third-order valence-electron chi connectivity index (χ3n) is 3.01. The molecule has 0 aromatic heterocycles. The summed E-state index contributed by atoms with van der Waals surface area (Å²) >= 11 is 0. The zero-order valence-corrected chi connectivity index (χ0v) is 13.3. The molecule has 1 amide bonds. The van der Waals surface area contributed by atoms with Crippen LogP contribution in [0.4, 0.5) is 0 Å². The van der Waals surface area contributed by atoms with E-state index in [2.05, 4.69) is 0 Å². The van der Waals surface area contributed by atoms with Crippen LogP contribution in [0.2, 0.25) is 0 Å². The molecule has 0 fully saturated rings. The average Bonchev–Trinajstić information content (AvgIpc) is 2.36. The van der Waals surface area contributed by atoms with Gasteiger partial charge in [0.15, 0.2) is 0 Å². The Bertz CT molecular complexity index is 448. The second-order valence-corrected chi connectivity index (χ2v) is 5.82. The second-order valence-electron chi connectivity index (χ2n) is 4.44. The highest BCUT2D eigenvalue weighted by atomic mass is 35.5. The molecule has 1 rings (SSSR count). The van der Waals surface area contributed by atoms with Crippen LogP contribution < -0.4 is 5.73 Å². The first-order chi connectivity index (χ1) is 8.34.